The minimum atomic E-state index is -0.491. The molecule has 0 aliphatic heterocycles. The van der Waals surface area contributed by atoms with Crippen LogP contribution in [0.25, 0.3) is 0 Å². The van der Waals surface area contributed by atoms with Crippen molar-refractivity contribution in [3.05, 3.63) is 12.2 Å². The van der Waals surface area contributed by atoms with E-state index in [9.17, 15) is 4.79 Å². The summed E-state index contributed by atoms with van der Waals surface area (Å²) in [6, 6.07) is 0. The van der Waals surface area contributed by atoms with E-state index in [-0.39, 0.29) is 0 Å². The summed E-state index contributed by atoms with van der Waals surface area (Å²) < 4.78 is 10.3. The molecule has 0 saturated carbocycles. The van der Waals surface area contributed by atoms with Gasteiger partial charge >= 0.3 is 6.16 Å². The molecule has 0 unspecified atom stereocenters. The third-order valence-electron chi connectivity index (χ3n) is 5.02. The Kier molecular flexibility index (Phi) is 21.5. The number of hydrogen-bond acceptors (Lipinski definition) is 3. The van der Waals surface area contributed by atoms with E-state index < -0.39 is 6.16 Å². The maximum Gasteiger partial charge on any atom is 0.508 e. The molecule has 0 atom stereocenters. The first-order chi connectivity index (χ1) is 13.7. The van der Waals surface area contributed by atoms with E-state index in [1.807, 2.05) is 0 Å². The molecule has 0 saturated heterocycles. The highest BCUT2D eigenvalue weighted by atomic mass is 16.7. The molecule has 0 fully saturated rings. The van der Waals surface area contributed by atoms with Crippen molar-refractivity contribution in [1.82, 2.24) is 0 Å². The van der Waals surface area contributed by atoms with Crippen molar-refractivity contribution in [1.29, 1.82) is 0 Å². The number of hydrogen-bond donors (Lipinski definition) is 0. The molecule has 0 aromatic rings. The van der Waals surface area contributed by atoms with E-state index in [4.69, 9.17) is 9.47 Å². The average Bonchev–Trinajstić information content (AvgIpc) is 2.67. The van der Waals surface area contributed by atoms with Gasteiger partial charge in [-0.1, -0.05) is 104 Å². The molecule has 0 aliphatic carbocycles. The van der Waals surface area contributed by atoms with Crippen LogP contribution in [0, 0.1) is 5.92 Å². The SMILES string of the molecule is CCCC/C=C\CCCCCCCCOC(=O)OCCCCCCCC(C)C. The Morgan fingerprint density at radius 1 is 0.679 bits per heavy atom. The minimum Gasteiger partial charge on any atom is -0.434 e. The third-order valence-corrected chi connectivity index (χ3v) is 5.02. The second-order valence-electron chi connectivity index (χ2n) is 8.42. The Morgan fingerprint density at radius 3 is 1.68 bits per heavy atom. The van der Waals surface area contributed by atoms with Crippen molar-refractivity contribution in [3.63, 3.8) is 0 Å². The predicted octanol–water partition coefficient (Wildman–Crippen LogP) is 8.61. The van der Waals surface area contributed by atoms with Crippen LogP contribution in [0.15, 0.2) is 12.2 Å². The molecule has 0 aromatic heterocycles. The number of allylic oxidation sites excluding steroid dienone is 2. The largest absolute Gasteiger partial charge is 0.508 e. The van der Waals surface area contributed by atoms with Gasteiger partial charge in [-0.15, -0.1) is 0 Å². The van der Waals surface area contributed by atoms with E-state index in [1.54, 1.807) is 0 Å². The Morgan fingerprint density at radius 2 is 1.14 bits per heavy atom. The molecule has 0 bridgehead atoms. The Bertz CT molecular complexity index is 350. The highest BCUT2D eigenvalue weighted by molar-refractivity contribution is 5.59. The predicted molar refractivity (Wildman–Crippen MR) is 121 cm³/mol. The number of rotatable bonds is 20. The van der Waals surface area contributed by atoms with Crippen LogP contribution in [-0.4, -0.2) is 19.4 Å². The highest BCUT2D eigenvalue weighted by Gasteiger charge is 2.03. The number of unbranched alkanes of at least 4 members (excludes halogenated alkanes) is 12. The second-order valence-corrected chi connectivity index (χ2v) is 8.42. The van der Waals surface area contributed by atoms with Gasteiger partial charge in [0.25, 0.3) is 0 Å². The van der Waals surface area contributed by atoms with Crippen molar-refractivity contribution < 1.29 is 14.3 Å². The normalized spacial score (nSPS) is 11.4. The van der Waals surface area contributed by atoms with Gasteiger partial charge in [0, 0.05) is 0 Å². The number of carbonyl (C=O) groups is 1. The van der Waals surface area contributed by atoms with Crippen molar-refractivity contribution in [2.45, 2.75) is 124 Å². The van der Waals surface area contributed by atoms with E-state index >= 15 is 0 Å². The third kappa shape index (κ3) is 23.0. The fourth-order valence-electron chi connectivity index (χ4n) is 3.17. The summed E-state index contributed by atoms with van der Waals surface area (Å²) in [5.41, 5.74) is 0. The topological polar surface area (TPSA) is 35.5 Å². The molecule has 3 heteroatoms. The molecule has 0 rings (SSSR count). The fraction of sp³-hybridized carbons (Fsp3) is 0.880. The molecule has 0 spiro atoms. The van der Waals surface area contributed by atoms with Gasteiger partial charge in [0.2, 0.25) is 0 Å². The van der Waals surface area contributed by atoms with Crippen LogP contribution in [-0.2, 0) is 9.47 Å². The summed E-state index contributed by atoms with van der Waals surface area (Å²) >= 11 is 0. The summed E-state index contributed by atoms with van der Waals surface area (Å²) in [6.07, 6.45) is 23.7. The Labute approximate surface area is 175 Å². The van der Waals surface area contributed by atoms with Gasteiger partial charge in [-0.25, -0.2) is 4.79 Å². The summed E-state index contributed by atoms with van der Waals surface area (Å²) in [7, 11) is 0. The van der Waals surface area contributed by atoms with Crippen LogP contribution in [0.4, 0.5) is 4.79 Å². The molecule has 3 nitrogen and oxygen atoms in total. The zero-order valence-corrected chi connectivity index (χ0v) is 19.2. The Hall–Kier alpha value is -0.990. The summed E-state index contributed by atoms with van der Waals surface area (Å²) in [5.74, 6) is 0.806. The minimum absolute atomic E-state index is 0.491. The molecular weight excluding hydrogens is 348 g/mol. The monoisotopic (exact) mass is 396 g/mol. The van der Waals surface area contributed by atoms with Crippen molar-refractivity contribution >= 4 is 6.16 Å². The maximum absolute atomic E-state index is 11.5. The summed E-state index contributed by atoms with van der Waals surface area (Å²) in [4.78, 5) is 11.5. The van der Waals surface area contributed by atoms with Gasteiger partial charge in [-0.2, -0.15) is 0 Å². The van der Waals surface area contributed by atoms with Gasteiger partial charge in [0.1, 0.15) is 0 Å². The van der Waals surface area contributed by atoms with Gasteiger partial charge in [0.05, 0.1) is 13.2 Å². The van der Waals surface area contributed by atoms with Crippen LogP contribution in [0.3, 0.4) is 0 Å². The highest BCUT2D eigenvalue weighted by Crippen LogP contribution is 2.11. The molecule has 28 heavy (non-hydrogen) atoms. The smallest absolute Gasteiger partial charge is 0.434 e. The number of carbonyl (C=O) groups excluding carboxylic acids is 1. The molecule has 0 aromatic carbocycles. The van der Waals surface area contributed by atoms with Gasteiger partial charge in [0.15, 0.2) is 0 Å². The van der Waals surface area contributed by atoms with Crippen LogP contribution in [0.1, 0.15) is 124 Å². The zero-order valence-electron chi connectivity index (χ0n) is 19.2. The van der Waals surface area contributed by atoms with E-state index in [1.165, 1.54) is 77.0 Å². The lowest BCUT2D eigenvalue weighted by Crippen LogP contribution is -2.09. The van der Waals surface area contributed by atoms with Crippen LogP contribution in [0.2, 0.25) is 0 Å². The first-order valence-corrected chi connectivity index (χ1v) is 12.1. The molecule has 0 N–H and O–H groups in total. The lowest BCUT2D eigenvalue weighted by atomic mass is 10.0. The van der Waals surface area contributed by atoms with Gasteiger partial charge in [-0.3, -0.25) is 0 Å². The average molecular weight is 397 g/mol. The quantitative estimate of drug-likeness (QED) is 0.117. The van der Waals surface area contributed by atoms with Crippen LogP contribution in [0.5, 0.6) is 0 Å². The maximum atomic E-state index is 11.5. The van der Waals surface area contributed by atoms with Gasteiger partial charge in [-0.05, 0) is 38.0 Å². The first kappa shape index (κ1) is 27.0. The van der Waals surface area contributed by atoms with Crippen LogP contribution >= 0.6 is 0 Å². The molecule has 0 amide bonds. The summed E-state index contributed by atoms with van der Waals surface area (Å²) in [5, 5.41) is 0. The van der Waals surface area contributed by atoms with Crippen LogP contribution < -0.4 is 0 Å². The zero-order chi connectivity index (χ0) is 20.7. The van der Waals surface area contributed by atoms with E-state index in [0.717, 1.165) is 31.6 Å². The lowest BCUT2D eigenvalue weighted by Gasteiger charge is -2.07. The molecule has 0 heterocycles. The van der Waals surface area contributed by atoms with Gasteiger partial charge < -0.3 is 9.47 Å². The Balaban J connectivity index is 3.20. The fourth-order valence-corrected chi connectivity index (χ4v) is 3.17. The van der Waals surface area contributed by atoms with Crippen molar-refractivity contribution in [2.75, 3.05) is 13.2 Å². The first-order valence-electron chi connectivity index (χ1n) is 12.1. The number of ether oxygens (including phenoxy) is 2. The standard InChI is InChI=1S/C25H48O3/c1-4-5-6-7-8-9-10-11-12-13-16-19-22-27-25(26)28-23-20-17-14-15-18-21-24(2)3/h7-8,24H,4-6,9-23H2,1-3H3/b8-7-. The van der Waals surface area contributed by atoms with Crippen molar-refractivity contribution in [2.24, 2.45) is 5.92 Å². The molecule has 166 valence electrons. The molecular formula is C25H48O3. The van der Waals surface area contributed by atoms with Crippen molar-refractivity contribution in [3.8, 4) is 0 Å². The van der Waals surface area contributed by atoms with E-state index in [2.05, 4.69) is 32.9 Å². The summed E-state index contributed by atoms with van der Waals surface area (Å²) in [6.45, 7) is 7.77. The lowest BCUT2D eigenvalue weighted by molar-refractivity contribution is 0.0529. The second kappa shape index (κ2) is 22.3. The molecule has 0 aliphatic rings. The molecule has 0 radical (unpaired) electrons. The van der Waals surface area contributed by atoms with E-state index in [0.29, 0.717) is 13.2 Å².